The molecule has 1 aliphatic rings. The van der Waals surface area contributed by atoms with Crippen LogP contribution in [-0.2, 0) is 16.0 Å². The number of hydrogen-bond donors (Lipinski definition) is 5. The van der Waals surface area contributed by atoms with Crippen LogP contribution in [0, 0.1) is 5.92 Å². The number of nitrogens with one attached hydrogen (secondary N) is 5. The van der Waals surface area contributed by atoms with Crippen molar-refractivity contribution in [2.75, 3.05) is 30.3 Å². The predicted molar refractivity (Wildman–Crippen MR) is 149 cm³/mol. The van der Waals surface area contributed by atoms with Crippen LogP contribution >= 0.6 is 0 Å². The fraction of sp³-hybridized carbons (Fsp3) is 0.345. The molecule has 5 rings (SSSR count). The van der Waals surface area contributed by atoms with Crippen molar-refractivity contribution < 1.29 is 9.59 Å². The highest BCUT2D eigenvalue weighted by atomic mass is 16.2. The number of nitrogens with zero attached hydrogens (tertiary/aromatic N) is 1. The number of benzene rings is 3. The van der Waals surface area contributed by atoms with Crippen molar-refractivity contribution >= 4 is 45.3 Å². The van der Waals surface area contributed by atoms with E-state index < -0.39 is 0 Å². The molecular formula is C29H34N6O2. The molecule has 0 saturated carbocycles. The Morgan fingerprint density at radius 3 is 2.65 bits per heavy atom. The molecule has 0 aliphatic carbocycles. The molecule has 1 aromatic heterocycles. The number of H-pyrrole nitrogens is 1. The Bertz CT molecular complexity index is 1390. The number of carbonyl (C=O) groups excluding carboxylic acids is 2. The van der Waals surface area contributed by atoms with Gasteiger partial charge in [-0.05, 0) is 66.7 Å². The van der Waals surface area contributed by atoms with Crippen LogP contribution in [-0.4, -0.2) is 47.5 Å². The average Bonchev–Trinajstić information content (AvgIpc) is 3.32. The zero-order valence-corrected chi connectivity index (χ0v) is 21.1. The molecule has 192 valence electrons. The van der Waals surface area contributed by atoms with Crippen molar-refractivity contribution in [3.8, 4) is 0 Å². The van der Waals surface area contributed by atoms with Crippen molar-refractivity contribution in [3.63, 3.8) is 0 Å². The second kappa shape index (κ2) is 11.4. The van der Waals surface area contributed by atoms with Crippen LogP contribution in [0.2, 0.25) is 0 Å². The first-order valence-electron chi connectivity index (χ1n) is 13.0. The van der Waals surface area contributed by atoms with Gasteiger partial charge < -0.3 is 26.3 Å². The average molecular weight is 499 g/mol. The number of fused-ring (bicyclic) bond motifs is 2. The zero-order chi connectivity index (χ0) is 25.6. The number of aromatic amines is 1. The highest BCUT2D eigenvalue weighted by Gasteiger charge is 2.25. The first-order chi connectivity index (χ1) is 18.1. The monoisotopic (exact) mass is 498 g/mol. The maximum absolute atomic E-state index is 12.4. The molecule has 1 unspecified atom stereocenters. The summed E-state index contributed by atoms with van der Waals surface area (Å²) in [6.07, 6.45) is 3.32. The van der Waals surface area contributed by atoms with Gasteiger partial charge in [0.25, 0.3) is 0 Å². The van der Waals surface area contributed by atoms with E-state index in [1.165, 1.54) is 23.3 Å². The van der Waals surface area contributed by atoms with Crippen LogP contribution < -0.4 is 21.3 Å². The van der Waals surface area contributed by atoms with Gasteiger partial charge in [-0.1, -0.05) is 48.5 Å². The van der Waals surface area contributed by atoms with Crippen LogP contribution in [0.4, 0.5) is 11.6 Å². The fourth-order valence-corrected chi connectivity index (χ4v) is 5.23. The molecule has 0 spiro atoms. The molecule has 8 nitrogen and oxygen atoms in total. The third kappa shape index (κ3) is 6.09. The van der Waals surface area contributed by atoms with Gasteiger partial charge in [0.1, 0.15) is 5.52 Å². The second-order valence-electron chi connectivity index (χ2n) is 9.75. The van der Waals surface area contributed by atoms with Crippen LogP contribution in [0.15, 0.2) is 60.7 Å². The normalized spacial score (nSPS) is 14.9. The van der Waals surface area contributed by atoms with E-state index in [9.17, 15) is 9.59 Å². The molecule has 1 aliphatic heterocycles. The van der Waals surface area contributed by atoms with Gasteiger partial charge in [-0.3, -0.25) is 9.59 Å². The summed E-state index contributed by atoms with van der Waals surface area (Å²) >= 11 is 0. The van der Waals surface area contributed by atoms with Crippen LogP contribution in [0.25, 0.3) is 21.8 Å². The van der Waals surface area contributed by atoms with Gasteiger partial charge in [0.15, 0.2) is 0 Å². The van der Waals surface area contributed by atoms with E-state index in [0.717, 1.165) is 37.9 Å². The molecule has 3 aromatic carbocycles. The summed E-state index contributed by atoms with van der Waals surface area (Å²) in [5.41, 5.74) is 3.56. The maximum atomic E-state index is 12.4. The lowest BCUT2D eigenvalue weighted by Crippen LogP contribution is -2.39. The number of para-hydroxylation sites is 1. The molecule has 8 heteroatoms. The van der Waals surface area contributed by atoms with Crippen LogP contribution in [0.3, 0.4) is 0 Å². The predicted octanol–water partition coefficient (Wildman–Crippen LogP) is 4.20. The topological polar surface area (TPSA) is 111 Å². The van der Waals surface area contributed by atoms with Crippen molar-refractivity contribution in [2.45, 2.75) is 38.6 Å². The minimum Gasteiger partial charge on any atom is -0.356 e. The summed E-state index contributed by atoms with van der Waals surface area (Å²) < 4.78 is 0. The SMILES string of the molecule is CC(=O)NCCC(=O)Nc1cccc2[nH]c(NC(Cc3cccc4ccccc34)C3CCNCC3)nc12. The minimum atomic E-state index is -0.165. The molecule has 0 radical (unpaired) electrons. The van der Waals surface area contributed by atoms with E-state index >= 15 is 0 Å². The van der Waals surface area contributed by atoms with Gasteiger partial charge in [0.2, 0.25) is 17.8 Å². The number of imidazole rings is 1. The van der Waals surface area contributed by atoms with E-state index in [-0.39, 0.29) is 24.3 Å². The number of anilines is 2. The third-order valence-electron chi connectivity index (χ3n) is 7.11. The van der Waals surface area contributed by atoms with Crippen molar-refractivity contribution in [3.05, 3.63) is 66.2 Å². The van der Waals surface area contributed by atoms with Gasteiger partial charge >= 0.3 is 0 Å². The largest absolute Gasteiger partial charge is 0.356 e. The summed E-state index contributed by atoms with van der Waals surface area (Å²) in [6.45, 7) is 3.78. The summed E-state index contributed by atoms with van der Waals surface area (Å²) in [5, 5.41) is 15.3. The molecule has 1 atom stereocenters. The Morgan fingerprint density at radius 2 is 1.81 bits per heavy atom. The molecular weight excluding hydrogens is 464 g/mol. The lowest BCUT2D eigenvalue weighted by molar-refractivity contribution is -0.119. The first-order valence-corrected chi connectivity index (χ1v) is 13.0. The lowest BCUT2D eigenvalue weighted by Gasteiger charge is -2.31. The summed E-state index contributed by atoms with van der Waals surface area (Å²) in [4.78, 5) is 31.8. The van der Waals surface area contributed by atoms with E-state index in [4.69, 9.17) is 4.98 Å². The molecule has 0 bridgehead atoms. The molecule has 2 amide bonds. The number of rotatable bonds is 9. The van der Waals surface area contributed by atoms with Gasteiger partial charge in [-0.25, -0.2) is 4.98 Å². The fourth-order valence-electron chi connectivity index (χ4n) is 5.23. The number of aromatic nitrogens is 2. The molecule has 1 fully saturated rings. The molecule has 37 heavy (non-hydrogen) atoms. The highest BCUT2D eigenvalue weighted by molar-refractivity contribution is 6.00. The zero-order valence-electron chi connectivity index (χ0n) is 21.1. The molecule has 5 N–H and O–H groups in total. The number of amides is 2. The van der Waals surface area contributed by atoms with E-state index in [0.29, 0.717) is 29.6 Å². The minimum absolute atomic E-state index is 0.148. The standard InChI is InChI=1S/C29H34N6O2/c1-19(36)31-17-14-27(37)32-24-10-5-11-25-28(24)35-29(33-25)34-26(21-12-15-30-16-13-21)18-22-8-4-7-20-6-2-3-9-23(20)22/h2-11,21,26,30H,12-18H2,1H3,(H,31,36)(H,32,37)(H2,33,34,35). The summed E-state index contributed by atoms with van der Waals surface area (Å²) in [5.74, 6) is 0.909. The Morgan fingerprint density at radius 1 is 1.03 bits per heavy atom. The smallest absolute Gasteiger partial charge is 0.226 e. The Balaban J connectivity index is 1.37. The number of piperidine rings is 1. The van der Waals surface area contributed by atoms with Crippen LogP contribution in [0.5, 0.6) is 0 Å². The summed E-state index contributed by atoms with van der Waals surface area (Å²) in [7, 11) is 0. The van der Waals surface area contributed by atoms with E-state index in [2.05, 4.69) is 68.7 Å². The van der Waals surface area contributed by atoms with Gasteiger partial charge in [-0.15, -0.1) is 0 Å². The molecule has 2 heterocycles. The third-order valence-corrected chi connectivity index (χ3v) is 7.11. The van der Waals surface area contributed by atoms with Crippen molar-refractivity contribution in [1.82, 2.24) is 20.6 Å². The van der Waals surface area contributed by atoms with E-state index in [1.54, 1.807) is 0 Å². The van der Waals surface area contributed by atoms with Crippen molar-refractivity contribution in [2.24, 2.45) is 5.92 Å². The lowest BCUT2D eigenvalue weighted by atomic mass is 9.85. The number of hydrogen-bond acceptors (Lipinski definition) is 5. The maximum Gasteiger partial charge on any atom is 0.226 e. The van der Waals surface area contributed by atoms with E-state index in [1.807, 2.05) is 18.2 Å². The quantitative estimate of drug-likeness (QED) is 0.238. The van der Waals surface area contributed by atoms with Gasteiger partial charge in [0.05, 0.1) is 11.2 Å². The molecule has 1 saturated heterocycles. The van der Waals surface area contributed by atoms with Gasteiger partial charge in [-0.2, -0.15) is 0 Å². The van der Waals surface area contributed by atoms with Crippen LogP contribution in [0.1, 0.15) is 31.7 Å². The van der Waals surface area contributed by atoms with Gasteiger partial charge in [0, 0.05) is 25.9 Å². The number of carbonyl (C=O) groups is 2. The Hall–Kier alpha value is -3.91. The molecule has 4 aromatic rings. The Kier molecular flexibility index (Phi) is 7.65. The second-order valence-corrected chi connectivity index (χ2v) is 9.75. The Labute approximate surface area is 216 Å². The highest BCUT2D eigenvalue weighted by Crippen LogP contribution is 2.28. The summed E-state index contributed by atoms with van der Waals surface area (Å²) in [6, 6.07) is 21.0. The van der Waals surface area contributed by atoms with Crippen molar-refractivity contribution in [1.29, 1.82) is 0 Å². The first kappa shape index (κ1) is 24.8.